The Morgan fingerprint density at radius 3 is 2.71 bits per heavy atom. The summed E-state index contributed by atoms with van der Waals surface area (Å²) < 4.78 is 5.34. The number of piperidine rings is 1. The maximum atomic E-state index is 12.3. The zero-order chi connectivity index (χ0) is 16.6. The number of carbonyl (C=O) groups excluding carboxylic acids is 1. The van der Waals surface area contributed by atoms with Gasteiger partial charge < -0.3 is 10.1 Å². The molecule has 6 nitrogen and oxygen atoms in total. The van der Waals surface area contributed by atoms with Gasteiger partial charge in [0.2, 0.25) is 5.91 Å². The molecule has 132 valence electrons. The van der Waals surface area contributed by atoms with Gasteiger partial charge in [0, 0.05) is 51.0 Å². The lowest BCUT2D eigenvalue weighted by molar-refractivity contribution is -0.126. The average molecular weight is 332 g/mol. The summed E-state index contributed by atoms with van der Waals surface area (Å²) in [5, 5.41) is 3.11. The lowest BCUT2D eigenvalue weighted by atomic mass is 9.95. The van der Waals surface area contributed by atoms with Gasteiger partial charge in [0.05, 0.1) is 13.2 Å². The fourth-order valence-electron chi connectivity index (χ4n) is 3.41. The van der Waals surface area contributed by atoms with Crippen molar-refractivity contribution in [2.24, 2.45) is 5.92 Å². The molecule has 0 bridgehead atoms. The van der Waals surface area contributed by atoms with Gasteiger partial charge in [0.15, 0.2) is 0 Å². The summed E-state index contributed by atoms with van der Waals surface area (Å²) >= 11 is 0. The van der Waals surface area contributed by atoms with Crippen LogP contribution in [0.4, 0.5) is 0 Å². The highest BCUT2D eigenvalue weighted by atomic mass is 16.5. The topological polar surface area (TPSA) is 57.7 Å². The van der Waals surface area contributed by atoms with Crippen LogP contribution in [0.25, 0.3) is 0 Å². The Kier molecular flexibility index (Phi) is 6.57. The van der Waals surface area contributed by atoms with Crippen molar-refractivity contribution in [1.29, 1.82) is 0 Å². The number of hydrogen-bond acceptors (Lipinski definition) is 5. The van der Waals surface area contributed by atoms with Crippen LogP contribution in [0.2, 0.25) is 0 Å². The first kappa shape index (κ1) is 17.3. The normalized spacial score (nSPS) is 20.8. The Morgan fingerprint density at radius 2 is 2.00 bits per heavy atom. The molecule has 1 N–H and O–H groups in total. The second-order valence-electron chi connectivity index (χ2n) is 6.66. The standard InChI is InChI=1S/C18H28N4O2/c23-18(20-6-9-21-10-12-24-13-11-21)17-3-7-22(8-4-17)15-16-2-1-5-19-14-16/h1-2,5,14,17H,3-4,6-13,15H2,(H,20,23). The summed E-state index contributed by atoms with van der Waals surface area (Å²) in [5.41, 5.74) is 1.24. The van der Waals surface area contributed by atoms with Gasteiger partial charge in [0.1, 0.15) is 0 Å². The molecule has 0 unspecified atom stereocenters. The largest absolute Gasteiger partial charge is 0.379 e. The molecule has 0 saturated carbocycles. The summed E-state index contributed by atoms with van der Waals surface area (Å²) in [7, 11) is 0. The molecule has 3 heterocycles. The van der Waals surface area contributed by atoms with Crippen LogP contribution in [-0.4, -0.2) is 73.2 Å². The smallest absolute Gasteiger partial charge is 0.223 e. The van der Waals surface area contributed by atoms with Crippen molar-refractivity contribution in [3.8, 4) is 0 Å². The first-order valence-corrected chi connectivity index (χ1v) is 9.00. The van der Waals surface area contributed by atoms with E-state index in [9.17, 15) is 4.79 Å². The predicted molar refractivity (Wildman–Crippen MR) is 92.5 cm³/mol. The molecule has 1 amide bonds. The number of nitrogens with one attached hydrogen (secondary N) is 1. The van der Waals surface area contributed by atoms with Gasteiger partial charge in [-0.1, -0.05) is 6.07 Å². The van der Waals surface area contributed by atoms with E-state index in [2.05, 4.69) is 26.2 Å². The molecular formula is C18H28N4O2. The van der Waals surface area contributed by atoms with E-state index in [0.29, 0.717) is 0 Å². The number of ether oxygens (including phenoxy) is 1. The van der Waals surface area contributed by atoms with E-state index in [-0.39, 0.29) is 11.8 Å². The molecule has 1 aromatic heterocycles. The average Bonchev–Trinajstić information content (AvgIpc) is 2.64. The van der Waals surface area contributed by atoms with Gasteiger partial charge in [-0.3, -0.25) is 19.6 Å². The highest BCUT2D eigenvalue weighted by molar-refractivity contribution is 5.78. The van der Waals surface area contributed by atoms with E-state index in [1.165, 1.54) is 5.56 Å². The van der Waals surface area contributed by atoms with Gasteiger partial charge in [-0.2, -0.15) is 0 Å². The van der Waals surface area contributed by atoms with Crippen LogP contribution in [0.1, 0.15) is 18.4 Å². The Balaban J connectivity index is 1.32. The van der Waals surface area contributed by atoms with E-state index >= 15 is 0 Å². The van der Waals surface area contributed by atoms with Crippen LogP contribution in [0.15, 0.2) is 24.5 Å². The van der Waals surface area contributed by atoms with Crippen molar-refractivity contribution < 1.29 is 9.53 Å². The monoisotopic (exact) mass is 332 g/mol. The number of aromatic nitrogens is 1. The number of nitrogens with zero attached hydrogens (tertiary/aromatic N) is 3. The molecule has 0 radical (unpaired) electrons. The van der Waals surface area contributed by atoms with Gasteiger partial charge in [-0.15, -0.1) is 0 Å². The van der Waals surface area contributed by atoms with Gasteiger partial charge >= 0.3 is 0 Å². The fourth-order valence-corrected chi connectivity index (χ4v) is 3.41. The van der Waals surface area contributed by atoms with Crippen molar-refractivity contribution in [1.82, 2.24) is 20.1 Å². The highest BCUT2D eigenvalue weighted by Crippen LogP contribution is 2.19. The molecule has 2 saturated heterocycles. The molecule has 0 spiro atoms. The zero-order valence-electron chi connectivity index (χ0n) is 14.3. The third kappa shape index (κ3) is 5.26. The third-order valence-corrected chi connectivity index (χ3v) is 4.92. The fraction of sp³-hybridized carbons (Fsp3) is 0.667. The Bertz CT molecular complexity index is 497. The van der Waals surface area contributed by atoms with E-state index in [1.807, 2.05) is 12.3 Å². The lowest BCUT2D eigenvalue weighted by Crippen LogP contribution is -2.44. The molecular weight excluding hydrogens is 304 g/mol. The van der Waals surface area contributed by atoms with Crippen molar-refractivity contribution in [2.75, 3.05) is 52.5 Å². The number of hydrogen-bond donors (Lipinski definition) is 1. The number of rotatable bonds is 6. The Morgan fingerprint density at radius 1 is 1.21 bits per heavy atom. The molecule has 2 aliphatic heterocycles. The zero-order valence-corrected chi connectivity index (χ0v) is 14.3. The quantitative estimate of drug-likeness (QED) is 0.833. The number of pyridine rings is 1. The summed E-state index contributed by atoms with van der Waals surface area (Å²) in [6.45, 7) is 8.13. The lowest BCUT2D eigenvalue weighted by Gasteiger charge is -2.31. The SMILES string of the molecule is O=C(NCCN1CCOCC1)C1CCN(Cc2cccnc2)CC1. The number of morpholine rings is 1. The molecule has 24 heavy (non-hydrogen) atoms. The van der Waals surface area contributed by atoms with Crippen molar-refractivity contribution in [3.63, 3.8) is 0 Å². The van der Waals surface area contributed by atoms with E-state index in [4.69, 9.17) is 4.74 Å². The molecule has 6 heteroatoms. The Hall–Kier alpha value is -1.50. The number of likely N-dealkylation sites (tertiary alicyclic amines) is 1. The maximum absolute atomic E-state index is 12.3. The van der Waals surface area contributed by atoms with Gasteiger partial charge in [0.25, 0.3) is 0 Å². The molecule has 0 atom stereocenters. The van der Waals surface area contributed by atoms with Crippen LogP contribution in [0.3, 0.4) is 0 Å². The number of carbonyl (C=O) groups is 1. The third-order valence-electron chi connectivity index (χ3n) is 4.92. The van der Waals surface area contributed by atoms with Crippen LogP contribution >= 0.6 is 0 Å². The highest BCUT2D eigenvalue weighted by Gasteiger charge is 2.24. The predicted octanol–water partition coefficient (Wildman–Crippen LogP) is 0.742. The minimum atomic E-state index is 0.167. The van der Waals surface area contributed by atoms with Gasteiger partial charge in [-0.05, 0) is 37.6 Å². The van der Waals surface area contributed by atoms with Crippen LogP contribution in [0.5, 0.6) is 0 Å². The number of amides is 1. The Labute approximate surface area is 144 Å². The molecule has 1 aromatic rings. The van der Waals surface area contributed by atoms with Crippen LogP contribution in [-0.2, 0) is 16.1 Å². The molecule has 2 aliphatic rings. The summed E-state index contributed by atoms with van der Waals surface area (Å²) in [4.78, 5) is 21.2. The molecule has 0 aliphatic carbocycles. The molecule has 3 rings (SSSR count). The van der Waals surface area contributed by atoms with Crippen LogP contribution < -0.4 is 5.32 Å². The van der Waals surface area contributed by atoms with Crippen LogP contribution in [0, 0.1) is 5.92 Å². The second-order valence-corrected chi connectivity index (χ2v) is 6.66. The summed E-state index contributed by atoms with van der Waals surface area (Å²) in [6.07, 6.45) is 5.62. The first-order valence-electron chi connectivity index (χ1n) is 9.00. The minimum absolute atomic E-state index is 0.167. The summed E-state index contributed by atoms with van der Waals surface area (Å²) in [6, 6.07) is 4.08. The van der Waals surface area contributed by atoms with Crippen molar-refractivity contribution in [3.05, 3.63) is 30.1 Å². The van der Waals surface area contributed by atoms with Gasteiger partial charge in [-0.25, -0.2) is 0 Å². The van der Waals surface area contributed by atoms with Crippen molar-refractivity contribution in [2.45, 2.75) is 19.4 Å². The molecule has 0 aromatic carbocycles. The second kappa shape index (κ2) is 9.11. The van der Waals surface area contributed by atoms with E-state index in [0.717, 1.165) is 71.9 Å². The first-order chi connectivity index (χ1) is 11.8. The van der Waals surface area contributed by atoms with E-state index < -0.39 is 0 Å². The minimum Gasteiger partial charge on any atom is -0.379 e. The van der Waals surface area contributed by atoms with Crippen molar-refractivity contribution >= 4 is 5.91 Å². The summed E-state index contributed by atoms with van der Waals surface area (Å²) in [5.74, 6) is 0.393. The maximum Gasteiger partial charge on any atom is 0.223 e. The molecule has 2 fully saturated rings. The van der Waals surface area contributed by atoms with E-state index in [1.54, 1.807) is 6.20 Å².